The van der Waals surface area contributed by atoms with Gasteiger partial charge in [-0.05, 0) is 55.5 Å². The van der Waals surface area contributed by atoms with E-state index in [1.54, 1.807) is 22.7 Å². The molecule has 4 N–H and O–H groups in total. The van der Waals surface area contributed by atoms with Gasteiger partial charge in [-0.3, -0.25) is 4.79 Å². The maximum absolute atomic E-state index is 14.9. The molecule has 216 valence electrons. The Hall–Kier alpha value is -4.14. The number of fused-ring (bicyclic) bond motifs is 1. The van der Waals surface area contributed by atoms with Crippen LogP contribution >= 0.6 is 0 Å². The zero-order valence-corrected chi connectivity index (χ0v) is 23.0. The van der Waals surface area contributed by atoms with Gasteiger partial charge in [0.2, 0.25) is 0 Å². The molecular formula is C27H29F2N7O4S. The van der Waals surface area contributed by atoms with E-state index in [9.17, 15) is 22.0 Å². The lowest BCUT2D eigenvalue weighted by Crippen LogP contribution is -2.37. The van der Waals surface area contributed by atoms with Crippen LogP contribution in [-0.4, -0.2) is 55.4 Å². The number of nitrogens with one attached hydrogen (secondary N) is 2. The number of carbonyl (C=O) groups excluding carboxylic acids is 1. The number of halogens is 2. The zero-order chi connectivity index (χ0) is 29.1. The SMILES string of the molecule is COc1cccc(F)c1-c1nc(C(=O)Nc2cc(F)ccc2N2CCC(CCNS(N)(=O)=O)CC2)cn2ccnc12. The molecule has 0 atom stereocenters. The smallest absolute Gasteiger partial charge is 0.275 e. The predicted octanol–water partition coefficient (Wildman–Crippen LogP) is 3.34. The topological polar surface area (TPSA) is 144 Å². The van der Waals surface area contributed by atoms with Crippen molar-refractivity contribution in [1.82, 2.24) is 19.1 Å². The van der Waals surface area contributed by atoms with Crippen LogP contribution in [0.25, 0.3) is 16.9 Å². The molecule has 5 rings (SSSR count). The first-order chi connectivity index (χ1) is 19.6. The number of imidazole rings is 1. The van der Waals surface area contributed by atoms with Crippen molar-refractivity contribution in [2.75, 3.05) is 37.0 Å². The van der Waals surface area contributed by atoms with E-state index in [0.29, 0.717) is 36.8 Å². The van der Waals surface area contributed by atoms with Gasteiger partial charge in [-0.25, -0.2) is 28.6 Å². The van der Waals surface area contributed by atoms with Crippen LogP contribution in [0.3, 0.4) is 0 Å². The largest absolute Gasteiger partial charge is 0.496 e. The van der Waals surface area contributed by atoms with Crippen LogP contribution in [0, 0.1) is 17.6 Å². The lowest BCUT2D eigenvalue weighted by Gasteiger charge is -2.34. The summed E-state index contributed by atoms with van der Waals surface area (Å²) in [6, 6.07) is 8.54. The third-order valence-electron chi connectivity index (χ3n) is 7.06. The quantitative estimate of drug-likeness (QED) is 0.273. The summed E-state index contributed by atoms with van der Waals surface area (Å²) in [4.78, 5) is 24.2. The second kappa shape index (κ2) is 11.8. The van der Waals surface area contributed by atoms with Crippen molar-refractivity contribution in [2.45, 2.75) is 19.3 Å². The van der Waals surface area contributed by atoms with E-state index in [-0.39, 0.29) is 34.9 Å². The van der Waals surface area contributed by atoms with E-state index in [4.69, 9.17) is 9.88 Å². The molecule has 0 saturated carbocycles. The Morgan fingerprint density at radius 2 is 1.98 bits per heavy atom. The summed E-state index contributed by atoms with van der Waals surface area (Å²) < 4.78 is 60.7. The van der Waals surface area contributed by atoms with E-state index in [0.717, 1.165) is 12.8 Å². The normalized spacial score (nSPS) is 14.4. The Balaban J connectivity index is 1.38. The maximum Gasteiger partial charge on any atom is 0.275 e. The number of rotatable bonds is 9. The van der Waals surface area contributed by atoms with E-state index < -0.39 is 27.8 Å². The second-order valence-corrected chi connectivity index (χ2v) is 11.1. The highest BCUT2D eigenvalue weighted by atomic mass is 32.2. The first-order valence-electron chi connectivity index (χ1n) is 12.9. The molecule has 0 aliphatic carbocycles. The van der Waals surface area contributed by atoms with E-state index in [2.05, 4.69) is 20.0 Å². The van der Waals surface area contributed by atoms with Crippen LogP contribution in [0.2, 0.25) is 0 Å². The number of hydrogen-bond donors (Lipinski definition) is 3. The van der Waals surface area contributed by atoms with Crippen molar-refractivity contribution in [1.29, 1.82) is 0 Å². The molecule has 0 bridgehead atoms. The van der Waals surface area contributed by atoms with Crippen LogP contribution in [-0.2, 0) is 10.2 Å². The number of benzene rings is 2. The van der Waals surface area contributed by atoms with Crippen LogP contribution in [0.4, 0.5) is 20.2 Å². The Labute approximate surface area is 235 Å². The molecule has 1 saturated heterocycles. The van der Waals surface area contributed by atoms with Crippen molar-refractivity contribution in [3.63, 3.8) is 0 Å². The molecule has 1 aliphatic heterocycles. The molecule has 14 heteroatoms. The Bertz CT molecular complexity index is 1690. The number of carbonyl (C=O) groups is 1. The van der Waals surface area contributed by atoms with Crippen LogP contribution < -0.4 is 24.8 Å². The van der Waals surface area contributed by atoms with E-state index in [1.807, 2.05) is 4.90 Å². The number of ether oxygens (including phenoxy) is 1. The highest BCUT2D eigenvalue weighted by Crippen LogP contribution is 2.35. The molecule has 0 spiro atoms. The Morgan fingerprint density at radius 1 is 1.20 bits per heavy atom. The predicted molar refractivity (Wildman–Crippen MR) is 150 cm³/mol. The number of nitrogens with two attached hydrogens (primary N) is 1. The number of amides is 1. The summed E-state index contributed by atoms with van der Waals surface area (Å²) in [5.74, 6) is -1.21. The maximum atomic E-state index is 14.9. The van der Waals surface area contributed by atoms with Gasteiger partial charge in [0.25, 0.3) is 16.1 Å². The van der Waals surface area contributed by atoms with E-state index >= 15 is 0 Å². The molecule has 0 unspecified atom stereocenters. The average molecular weight is 586 g/mol. The second-order valence-electron chi connectivity index (χ2n) is 9.72. The van der Waals surface area contributed by atoms with Crippen LogP contribution in [0.15, 0.2) is 55.0 Å². The summed E-state index contributed by atoms with van der Waals surface area (Å²) in [5, 5.41) is 7.77. The Kier molecular flexibility index (Phi) is 8.15. The number of hydrogen-bond acceptors (Lipinski definition) is 7. The minimum Gasteiger partial charge on any atom is -0.496 e. The molecule has 0 radical (unpaired) electrons. The highest BCUT2D eigenvalue weighted by molar-refractivity contribution is 7.87. The molecule has 4 aromatic rings. The minimum atomic E-state index is -3.73. The van der Waals surface area contributed by atoms with Gasteiger partial charge in [0.05, 0.1) is 24.0 Å². The van der Waals surface area contributed by atoms with Gasteiger partial charge in [-0.15, -0.1) is 0 Å². The molecular weight excluding hydrogens is 556 g/mol. The van der Waals surface area contributed by atoms with Crippen molar-refractivity contribution >= 4 is 33.1 Å². The third kappa shape index (κ3) is 6.45. The van der Waals surface area contributed by atoms with Gasteiger partial charge in [0, 0.05) is 38.2 Å². The number of aromatic nitrogens is 3. The lowest BCUT2D eigenvalue weighted by molar-refractivity contribution is 0.102. The van der Waals surface area contributed by atoms with Crippen molar-refractivity contribution in [2.24, 2.45) is 11.1 Å². The number of anilines is 2. The fraction of sp³-hybridized carbons (Fsp3) is 0.296. The third-order valence-corrected chi connectivity index (χ3v) is 7.66. The standard InChI is InChI=1S/C27H29F2N7O4S/c1-40-23-4-2-3-19(29)24(23)25-26-31-11-14-36(26)16-21(33-25)27(37)34-20-15-18(28)5-6-22(20)35-12-8-17(9-13-35)7-10-32-41(30,38)39/h2-6,11,14-17,32H,7-10,12-13H2,1H3,(H,34,37)(H2,30,38,39). The highest BCUT2D eigenvalue weighted by Gasteiger charge is 2.24. The molecule has 1 amide bonds. The number of nitrogens with zero attached hydrogens (tertiary/aromatic N) is 4. The number of methoxy groups -OCH3 is 1. The molecule has 41 heavy (non-hydrogen) atoms. The van der Waals surface area contributed by atoms with Crippen LogP contribution in [0.1, 0.15) is 29.8 Å². The van der Waals surface area contributed by atoms with Gasteiger partial charge in [-0.2, -0.15) is 8.42 Å². The van der Waals surface area contributed by atoms with Gasteiger partial charge >= 0.3 is 0 Å². The number of piperidine rings is 1. The fourth-order valence-corrected chi connectivity index (χ4v) is 5.45. The minimum absolute atomic E-state index is 0.0351. The average Bonchev–Trinajstić information content (AvgIpc) is 3.41. The van der Waals surface area contributed by atoms with Gasteiger partial charge in [-0.1, -0.05) is 6.07 Å². The van der Waals surface area contributed by atoms with Crippen molar-refractivity contribution in [3.05, 3.63) is 72.3 Å². The van der Waals surface area contributed by atoms with Gasteiger partial charge in [0.1, 0.15) is 28.8 Å². The molecule has 1 fully saturated rings. The van der Waals surface area contributed by atoms with Gasteiger partial charge < -0.3 is 19.4 Å². The van der Waals surface area contributed by atoms with Gasteiger partial charge in [0.15, 0.2) is 5.65 Å². The zero-order valence-electron chi connectivity index (χ0n) is 22.2. The van der Waals surface area contributed by atoms with Crippen molar-refractivity contribution in [3.8, 4) is 17.0 Å². The molecule has 2 aromatic carbocycles. The summed E-state index contributed by atoms with van der Waals surface area (Å²) in [6.07, 6.45) is 6.80. The first kappa shape index (κ1) is 28.4. The van der Waals surface area contributed by atoms with Crippen LogP contribution in [0.5, 0.6) is 5.75 Å². The molecule has 3 heterocycles. The Morgan fingerprint density at radius 3 is 2.71 bits per heavy atom. The summed E-state index contributed by atoms with van der Waals surface area (Å²) in [6.45, 7) is 1.52. The lowest BCUT2D eigenvalue weighted by atomic mass is 9.93. The fourth-order valence-electron chi connectivity index (χ4n) is 5.05. The molecule has 2 aromatic heterocycles. The molecule has 1 aliphatic rings. The monoisotopic (exact) mass is 585 g/mol. The van der Waals surface area contributed by atoms with E-state index in [1.165, 1.54) is 43.8 Å². The van der Waals surface area contributed by atoms with Crippen molar-refractivity contribution < 1.29 is 26.7 Å². The summed E-state index contributed by atoms with van der Waals surface area (Å²) >= 11 is 0. The first-order valence-corrected chi connectivity index (χ1v) is 14.5. The molecule has 11 nitrogen and oxygen atoms in total. The summed E-state index contributed by atoms with van der Waals surface area (Å²) in [7, 11) is -2.32. The summed E-state index contributed by atoms with van der Waals surface area (Å²) in [5.41, 5.74) is 1.39.